The van der Waals surface area contributed by atoms with E-state index in [2.05, 4.69) is 10.3 Å². The molecule has 190 valence electrons. The number of benzene rings is 1. The second-order valence-electron chi connectivity index (χ2n) is 8.48. The number of imidazole rings is 1. The van der Waals surface area contributed by atoms with E-state index < -0.39 is 18.6 Å². The molecule has 2 heterocycles. The van der Waals surface area contributed by atoms with Gasteiger partial charge in [-0.1, -0.05) is 25.1 Å². The second-order valence-corrected chi connectivity index (χ2v) is 8.48. The number of alkyl halides is 3. The minimum Gasteiger partial charge on any atom is -0.490 e. The molecule has 0 saturated carbocycles. The molecule has 3 rings (SSSR count). The molecule has 0 radical (unpaired) electrons. The molecule has 0 saturated heterocycles. The number of aromatic nitrogens is 2. The summed E-state index contributed by atoms with van der Waals surface area (Å²) < 4.78 is 45.6. The maximum Gasteiger partial charge on any atom is 0.389 e. The van der Waals surface area contributed by atoms with Crippen molar-refractivity contribution in [1.82, 2.24) is 19.6 Å². The summed E-state index contributed by atoms with van der Waals surface area (Å²) in [7, 11) is 0. The van der Waals surface area contributed by atoms with Crippen molar-refractivity contribution in [3.63, 3.8) is 0 Å². The van der Waals surface area contributed by atoms with Gasteiger partial charge in [-0.15, -0.1) is 0 Å². The number of nitrogens with one attached hydrogen (secondary N) is 1. The average molecular weight is 491 g/mol. The van der Waals surface area contributed by atoms with Crippen LogP contribution in [-0.2, 0) is 0 Å². The largest absolute Gasteiger partial charge is 0.490 e. The molecule has 0 bridgehead atoms. The molecule has 0 aliphatic carbocycles. The van der Waals surface area contributed by atoms with Gasteiger partial charge in [0.1, 0.15) is 0 Å². The van der Waals surface area contributed by atoms with Crippen LogP contribution in [0, 0.1) is 0 Å². The van der Waals surface area contributed by atoms with Gasteiger partial charge >= 0.3 is 12.2 Å². The van der Waals surface area contributed by atoms with Crippen LogP contribution in [0.4, 0.5) is 18.0 Å². The van der Waals surface area contributed by atoms with Crippen molar-refractivity contribution in [2.24, 2.45) is 0 Å². The Morgan fingerprint density at radius 2 is 1.97 bits per heavy atom. The summed E-state index contributed by atoms with van der Waals surface area (Å²) in [5.74, 6) is 0.687. The molecule has 9 heteroatoms. The number of urea groups is 1. The minimum atomic E-state index is -4.24. The monoisotopic (exact) mass is 490 g/mol. The fourth-order valence-corrected chi connectivity index (χ4v) is 4.15. The van der Waals surface area contributed by atoms with Gasteiger partial charge in [0.25, 0.3) is 0 Å². The molecule has 0 aliphatic rings. The topological polar surface area (TPSA) is 58.9 Å². The normalized spacial score (nSPS) is 13.5. The quantitative estimate of drug-likeness (QED) is 0.348. The van der Waals surface area contributed by atoms with Gasteiger partial charge in [0.2, 0.25) is 0 Å². The van der Waals surface area contributed by atoms with Crippen molar-refractivity contribution in [1.29, 1.82) is 0 Å². The number of amides is 2. The summed E-state index contributed by atoms with van der Waals surface area (Å²) in [6.07, 6.45) is 0.703. The lowest BCUT2D eigenvalue weighted by molar-refractivity contribution is -0.136. The number of nitrogens with zero attached hydrogens (tertiary/aromatic N) is 3. The Kier molecular flexibility index (Phi) is 8.64. The molecule has 3 aromatic rings. The molecular weight excluding hydrogens is 457 g/mol. The third kappa shape index (κ3) is 6.68. The summed E-state index contributed by atoms with van der Waals surface area (Å²) in [4.78, 5) is 19.0. The molecule has 35 heavy (non-hydrogen) atoms. The number of fused-ring (bicyclic) bond motifs is 1. The molecule has 1 aromatic carbocycles. The number of ether oxygens (including phenoxy) is 1. The highest BCUT2D eigenvalue weighted by Crippen LogP contribution is 2.30. The number of hydrogen-bond acceptors (Lipinski definition) is 3. The van der Waals surface area contributed by atoms with Crippen LogP contribution in [0.25, 0.3) is 16.8 Å². The van der Waals surface area contributed by atoms with Crippen LogP contribution in [-0.4, -0.2) is 45.7 Å². The van der Waals surface area contributed by atoms with E-state index in [9.17, 15) is 18.0 Å². The van der Waals surface area contributed by atoms with Gasteiger partial charge in [-0.25, -0.2) is 9.78 Å². The lowest BCUT2D eigenvalue weighted by atomic mass is 10.00. The van der Waals surface area contributed by atoms with Crippen molar-refractivity contribution in [2.45, 2.75) is 65.2 Å². The first-order chi connectivity index (χ1) is 16.7. The van der Waals surface area contributed by atoms with Crippen LogP contribution in [0.15, 0.2) is 48.9 Å². The summed E-state index contributed by atoms with van der Waals surface area (Å²) in [6, 6.07) is 8.68. The highest BCUT2D eigenvalue weighted by atomic mass is 19.4. The van der Waals surface area contributed by atoms with Crippen LogP contribution in [0.2, 0.25) is 0 Å². The van der Waals surface area contributed by atoms with Crippen LogP contribution in [0.1, 0.15) is 58.6 Å². The van der Waals surface area contributed by atoms with Crippen LogP contribution >= 0.6 is 0 Å². The van der Waals surface area contributed by atoms with Gasteiger partial charge in [0.05, 0.1) is 12.6 Å². The molecular formula is C26H33F3N4O2. The highest BCUT2D eigenvalue weighted by molar-refractivity contribution is 5.75. The van der Waals surface area contributed by atoms with E-state index in [0.29, 0.717) is 25.3 Å². The number of hydrogen-bond donors (Lipinski definition) is 1. The molecule has 0 aliphatic heterocycles. The van der Waals surface area contributed by atoms with Crippen molar-refractivity contribution in [2.75, 3.05) is 13.2 Å². The standard InChI is InChI=1S/C26H33F3N4O2/c1-5-22(11-12-26(27,28)29)31-25(34)33(6-2)18(4)19-9-8-10-20(15-19)21-16-23(35-7-3)24-30-13-14-32(24)17-21/h8-10,13-18,22H,5-7,11-12H2,1-4H3,(H,31,34). The summed E-state index contributed by atoms with van der Waals surface area (Å²) >= 11 is 0. The second kappa shape index (κ2) is 11.5. The zero-order chi connectivity index (χ0) is 25.6. The van der Waals surface area contributed by atoms with E-state index in [4.69, 9.17) is 4.74 Å². The Morgan fingerprint density at radius 1 is 1.20 bits per heavy atom. The lowest BCUT2D eigenvalue weighted by Gasteiger charge is -2.31. The zero-order valence-electron chi connectivity index (χ0n) is 20.6. The van der Waals surface area contributed by atoms with E-state index >= 15 is 0 Å². The summed E-state index contributed by atoms with van der Waals surface area (Å²) in [5, 5.41) is 2.79. The third-order valence-electron chi connectivity index (χ3n) is 6.12. The van der Waals surface area contributed by atoms with Gasteiger partial charge in [-0.05, 0) is 56.9 Å². The number of rotatable bonds is 10. The Labute approximate surface area is 204 Å². The van der Waals surface area contributed by atoms with Crippen molar-refractivity contribution < 1.29 is 22.7 Å². The Balaban J connectivity index is 1.81. The van der Waals surface area contributed by atoms with E-state index in [1.54, 1.807) is 18.0 Å². The predicted molar refractivity (Wildman–Crippen MR) is 130 cm³/mol. The van der Waals surface area contributed by atoms with Crippen LogP contribution in [0.3, 0.4) is 0 Å². The Bertz CT molecular complexity index is 1130. The van der Waals surface area contributed by atoms with Crippen LogP contribution < -0.4 is 10.1 Å². The molecule has 2 atom stereocenters. The number of pyridine rings is 1. The van der Waals surface area contributed by atoms with Crippen molar-refractivity contribution >= 4 is 11.7 Å². The van der Waals surface area contributed by atoms with Gasteiger partial charge in [-0.3, -0.25) is 0 Å². The first kappa shape index (κ1) is 26.4. The molecule has 2 unspecified atom stereocenters. The van der Waals surface area contributed by atoms with Gasteiger partial charge in [0.15, 0.2) is 11.4 Å². The predicted octanol–water partition coefficient (Wildman–Crippen LogP) is 6.61. The van der Waals surface area contributed by atoms with Gasteiger partial charge in [-0.2, -0.15) is 13.2 Å². The molecule has 2 amide bonds. The summed E-state index contributed by atoms with van der Waals surface area (Å²) in [6.45, 7) is 8.42. The van der Waals surface area contributed by atoms with E-state index in [0.717, 1.165) is 22.3 Å². The van der Waals surface area contributed by atoms with Crippen molar-refractivity contribution in [3.8, 4) is 16.9 Å². The fourth-order valence-electron chi connectivity index (χ4n) is 4.15. The summed E-state index contributed by atoms with van der Waals surface area (Å²) in [5.41, 5.74) is 3.56. The number of carbonyl (C=O) groups is 1. The highest BCUT2D eigenvalue weighted by Gasteiger charge is 2.29. The van der Waals surface area contributed by atoms with Crippen molar-refractivity contribution in [3.05, 3.63) is 54.5 Å². The SMILES string of the molecule is CCOc1cc(-c2cccc(C(C)N(CC)C(=O)NC(CC)CCC(F)(F)F)c2)cn2ccnc12. The van der Waals surface area contributed by atoms with Crippen LogP contribution in [0.5, 0.6) is 5.75 Å². The van der Waals surface area contributed by atoms with E-state index in [-0.39, 0.29) is 18.5 Å². The molecule has 0 spiro atoms. The maximum atomic E-state index is 13.0. The Morgan fingerprint density at radius 3 is 2.63 bits per heavy atom. The average Bonchev–Trinajstić information content (AvgIpc) is 3.31. The molecule has 2 aromatic heterocycles. The smallest absolute Gasteiger partial charge is 0.389 e. The number of halogens is 3. The first-order valence-electron chi connectivity index (χ1n) is 12.0. The lowest BCUT2D eigenvalue weighted by Crippen LogP contribution is -2.45. The zero-order valence-corrected chi connectivity index (χ0v) is 20.6. The van der Waals surface area contributed by atoms with E-state index in [1.807, 2.05) is 67.9 Å². The molecule has 0 fully saturated rings. The number of carbonyl (C=O) groups excluding carboxylic acids is 1. The third-order valence-corrected chi connectivity index (χ3v) is 6.12. The molecule has 1 N–H and O–H groups in total. The maximum absolute atomic E-state index is 13.0. The Hall–Kier alpha value is -3.23. The molecule has 6 nitrogen and oxygen atoms in total. The fraction of sp³-hybridized carbons (Fsp3) is 0.462. The first-order valence-corrected chi connectivity index (χ1v) is 12.0. The van der Waals surface area contributed by atoms with Gasteiger partial charge in [0, 0.05) is 43.2 Å². The van der Waals surface area contributed by atoms with Gasteiger partial charge < -0.3 is 19.4 Å². The minimum absolute atomic E-state index is 0.133. The van der Waals surface area contributed by atoms with E-state index in [1.165, 1.54) is 0 Å².